The Hall–Kier alpha value is -1.16. The molecule has 2 aromatic rings. The van der Waals surface area contributed by atoms with Crippen LogP contribution >= 0.6 is 15.9 Å². The molecular weight excluding hydrogens is 242 g/mol. The first kappa shape index (κ1) is 9.40. The number of aromatic nitrogens is 3. The highest BCUT2D eigenvalue weighted by Gasteiger charge is 1.97. The van der Waals surface area contributed by atoms with Crippen LogP contribution in [0.25, 0.3) is 0 Å². The van der Waals surface area contributed by atoms with E-state index in [0.717, 1.165) is 23.0 Å². The molecule has 3 nitrogen and oxygen atoms in total. The molecule has 2 rings (SSSR count). The summed E-state index contributed by atoms with van der Waals surface area (Å²) in [5, 5.41) is 0. The predicted octanol–water partition coefficient (Wildman–Crippen LogP) is 2.35. The van der Waals surface area contributed by atoms with E-state index in [1.54, 1.807) is 12.5 Å². The molecule has 0 atom stereocenters. The van der Waals surface area contributed by atoms with Crippen molar-refractivity contribution in [2.24, 2.45) is 0 Å². The third kappa shape index (κ3) is 2.42. The van der Waals surface area contributed by atoms with E-state index in [-0.39, 0.29) is 0 Å². The second-order valence-corrected chi connectivity index (χ2v) is 4.00. The first-order valence-corrected chi connectivity index (χ1v) is 5.20. The van der Waals surface area contributed by atoms with Gasteiger partial charge in [-0.1, -0.05) is 0 Å². The lowest BCUT2D eigenvalue weighted by Gasteiger charge is -1.99. The maximum absolute atomic E-state index is 4.11. The number of aryl methyl sites for hydroxylation is 2. The van der Waals surface area contributed by atoms with Crippen LogP contribution in [0.1, 0.15) is 11.3 Å². The Balaban J connectivity index is 1.98. The van der Waals surface area contributed by atoms with E-state index in [1.165, 1.54) is 5.56 Å². The van der Waals surface area contributed by atoms with Crippen LogP contribution in [-0.4, -0.2) is 15.0 Å². The van der Waals surface area contributed by atoms with E-state index in [2.05, 4.69) is 36.9 Å². The van der Waals surface area contributed by atoms with Crippen molar-refractivity contribution in [3.05, 3.63) is 46.7 Å². The Kier molecular flexibility index (Phi) is 2.93. The number of halogens is 1. The van der Waals surface area contributed by atoms with Gasteiger partial charge in [-0.05, 0) is 40.4 Å². The number of imidazole rings is 1. The van der Waals surface area contributed by atoms with Gasteiger partial charge in [0.25, 0.3) is 0 Å². The molecule has 0 aliphatic heterocycles. The topological polar surface area (TPSA) is 41.6 Å². The Morgan fingerprint density at radius 1 is 1.14 bits per heavy atom. The van der Waals surface area contributed by atoms with Crippen molar-refractivity contribution in [3.8, 4) is 0 Å². The van der Waals surface area contributed by atoms with Gasteiger partial charge in [0.2, 0.25) is 0 Å². The Morgan fingerprint density at radius 2 is 2.07 bits per heavy atom. The summed E-state index contributed by atoms with van der Waals surface area (Å²) < 4.78 is 1.03. The molecule has 0 unspecified atom stereocenters. The van der Waals surface area contributed by atoms with Crippen LogP contribution in [0.15, 0.2) is 35.5 Å². The molecule has 0 spiro atoms. The average Bonchev–Trinajstić information content (AvgIpc) is 2.67. The minimum atomic E-state index is 0.970. The van der Waals surface area contributed by atoms with Gasteiger partial charge in [0.05, 0.1) is 6.33 Å². The molecule has 4 heteroatoms. The highest BCUT2D eigenvalue weighted by atomic mass is 79.9. The first-order valence-electron chi connectivity index (χ1n) is 4.41. The van der Waals surface area contributed by atoms with Gasteiger partial charge in [-0.15, -0.1) is 0 Å². The summed E-state index contributed by atoms with van der Waals surface area (Å²) in [6.07, 6.45) is 9.19. The minimum absolute atomic E-state index is 0.970. The number of nitrogens with zero attached hydrogens (tertiary/aromatic N) is 2. The van der Waals surface area contributed by atoms with Gasteiger partial charge < -0.3 is 4.98 Å². The number of hydrogen-bond acceptors (Lipinski definition) is 2. The monoisotopic (exact) mass is 251 g/mol. The minimum Gasteiger partial charge on any atom is -0.348 e. The van der Waals surface area contributed by atoms with Crippen LogP contribution in [0.4, 0.5) is 0 Å². The fourth-order valence-electron chi connectivity index (χ4n) is 1.29. The number of H-pyrrole nitrogens is 1. The van der Waals surface area contributed by atoms with Crippen molar-refractivity contribution >= 4 is 15.9 Å². The summed E-state index contributed by atoms with van der Waals surface area (Å²) in [7, 11) is 0. The van der Waals surface area contributed by atoms with Gasteiger partial charge in [0, 0.05) is 28.8 Å². The van der Waals surface area contributed by atoms with Crippen molar-refractivity contribution in [1.29, 1.82) is 0 Å². The zero-order chi connectivity index (χ0) is 9.80. The van der Waals surface area contributed by atoms with Crippen LogP contribution in [0.3, 0.4) is 0 Å². The number of pyridine rings is 1. The predicted molar refractivity (Wildman–Crippen MR) is 57.9 cm³/mol. The molecule has 0 radical (unpaired) electrons. The standard InChI is InChI=1S/C10H10BrN3/c11-9-3-8(4-12-5-9)1-2-10-6-13-7-14-10/h3-7H,1-2H2,(H,13,14). The average molecular weight is 252 g/mol. The van der Waals surface area contributed by atoms with Crippen molar-refractivity contribution in [3.63, 3.8) is 0 Å². The number of rotatable bonds is 3. The quantitative estimate of drug-likeness (QED) is 0.910. The highest BCUT2D eigenvalue weighted by Crippen LogP contribution is 2.11. The van der Waals surface area contributed by atoms with Crippen LogP contribution in [0.5, 0.6) is 0 Å². The smallest absolute Gasteiger partial charge is 0.0921 e. The SMILES string of the molecule is Brc1cncc(CCc2cnc[nH]2)c1. The number of hydrogen-bond donors (Lipinski definition) is 1. The molecule has 1 N–H and O–H groups in total. The van der Waals surface area contributed by atoms with E-state index in [9.17, 15) is 0 Å². The zero-order valence-corrected chi connectivity index (χ0v) is 9.16. The Labute approximate surface area is 90.7 Å². The van der Waals surface area contributed by atoms with E-state index < -0.39 is 0 Å². The van der Waals surface area contributed by atoms with Gasteiger partial charge in [0.15, 0.2) is 0 Å². The molecule has 0 saturated carbocycles. The van der Waals surface area contributed by atoms with Crippen molar-refractivity contribution in [2.75, 3.05) is 0 Å². The summed E-state index contributed by atoms with van der Waals surface area (Å²) in [5.41, 5.74) is 2.39. The third-order valence-corrected chi connectivity index (χ3v) is 2.43. The van der Waals surface area contributed by atoms with Gasteiger partial charge >= 0.3 is 0 Å². The molecule has 0 saturated heterocycles. The van der Waals surface area contributed by atoms with E-state index in [4.69, 9.17) is 0 Å². The molecule has 0 aromatic carbocycles. The molecule has 14 heavy (non-hydrogen) atoms. The van der Waals surface area contributed by atoms with Crippen LogP contribution < -0.4 is 0 Å². The second kappa shape index (κ2) is 4.37. The van der Waals surface area contributed by atoms with Gasteiger partial charge in [-0.2, -0.15) is 0 Å². The number of nitrogens with one attached hydrogen (secondary N) is 1. The molecule has 2 heterocycles. The van der Waals surface area contributed by atoms with E-state index >= 15 is 0 Å². The van der Waals surface area contributed by atoms with E-state index in [1.807, 2.05) is 12.4 Å². The molecule has 0 aliphatic rings. The van der Waals surface area contributed by atoms with Crippen LogP contribution in [0.2, 0.25) is 0 Å². The number of aromatic amines is 1. The van der Waals surface area contributed by atoms with Crippen LogP contribution in [-0.2, 0) is 12.8 Å². The van der Waals surface area contributed by atoms with Gasteiger partial charge in [0.1, 0.15) is 0 Å². The molecule has 2 aromatic heterocycles. The summed E-state index contributed by atoms with van der Waals surface area (Å²) >= 11 is 3.40. The summed E-state index contributed by atoms with van der Waals surface area (Å²) in [4.78, 5) is 11.2. The molecular formula is C10H10BrN3. The van der Waals surface area contributed by atoms with Crippen LogP contribution in [0, 0.1) is 0 Å². The largest absolute Gasteiger partial charge is 0.348 e. The van der Waals surface area contributed by atoms with Crippen molar-refractivity contribution in [1.82, 2.24) is 15.0 Å². The maximum atomic E-state index is 4.11. The molecule has 72 valence electrons. The normalized spacial score (nSPS) is 10.4. The lowest BCUT2D eigenvalue weighted by atomic mass is 10.1. The van der Waals surface area contributed by atoms with Gasteiger partial charge in [-0.25, -0.2) is 4.98 Å². The highest BCUT2D eigenvalue weighted by molar-refractivity contribution is 9.10. The lowest BCUT2D eigenvalue weighted by Crippen LogP contribution is -1.92. The summed E-state index contributed by atoms with van der Waals surface area (Å²) in [6.45, 7) is 0. The molecule has 0 fully saturated rings. The first-order chi connectivity index (χ1) is 6.84. The maximum Gasteiger partial charge on any atom is 0.0921 e. The second-order valence-electron chi connectivity index (χ2n) is 3.09. The fourth-order valence-corrected chi connectivity index (χ4v) is 1.71. The van der Waals surface area contributed by atoms with Crippen molar-refractivity contribution in [2.45, 2.75) is 12.8 Å². The summed E-state index contributed by atoms with van der Waals surface area (Å²) in [5.74, 6) is 0. The Bertz CT molecular complexity index is 398. The van der Waals surface area contributed by atoms with Crippen molar-refractivity contribution < 1.29 is 0 Å². The molecule has 0 amide bonds. The fraction of sp³-hybridized carbons (Fsp3) is 0.200. The molecule has 0 aliphatic carbocycles. The Morgan fingerprint density at radius 3 is 2.79 bits per heavy atom. The third-order valence-electron chi connectivity index (χ3n) is 2.00. The lowest BCUT2D eigenvalue weighted by molar-refractivity contribution is 0.916. The zero-order valence-electron chi connectivity index (χ0n) is 7.57. The molecule has 0 bridgehead atoms. The summed E-state index contributed by atoms with van der Waals surface area (Å²) in [6, 6.07) is 2.09. The van der Waals surface area contributed by atoms with E-state index in [0.29, 0.717) is 0 Å². The van der Waals surface area contributed by atoms with Gasteiger partial charge in [-0.3, -0.25) is 4.98 Å².